The Balaban J connectivity index is 1.32. The highest BCUT2D eigenvalue weighted by molar-refractivity contribution is 6.31. The average Bonchev–Trinajstić information content (AvgIpc) is 3.10. The van der Waals surface area contributed by atoms with Gasteiger partial charge in [0.1, 0.15) is 12.1 Å². The zero-order valence-corrected chi connectivity index (χ0v) is 28.2. The van der Waals surface area contributed by atoms with Crippen LogP contribution in [0.3, 0.4) is 0 Å². The van der Waals surface area contributed by atoms with Crippen molar-refractivity contribution in [2.45, 2.75) is 58.2 Å². The Morgan fingerprint density at radius 3 is 2.25 bits per heavy atom. The van der Waals surface area contributed by atoms with Crippen LogP contribution in [0.2, 0.25) is 5.02 Å². The number of anilines is 1. The minimum Gasteiger partial charge on any atom is -0.342 e. The summed E-state index contributed by atoms with van der Waals surface area (Å²) in [7, 11) is 0. The molecule has 252 valence electrons. The molecule has 5 rings (SSSR count). The molecule has 2 unspecified atom stereocenters. The molecule has 2 aliphatic heterocycles. The Kier molecular flexibility index (Phi) is 11.6. The molecule has 2 aliphatic rings. The van der Waals surface area contributed by atoms with Crippen LogP contribution in [0.1, 0.15) is 53.2 Å². The number of carbonyl (C=O) groups is 5. The van der Waals surface area contributed by atoms with Crippen LogP contribution < -0.4 is 10.6 Å². The Labute approximate surface area is 286 Å². The minimum atomic E-state index is -0.895. The molecule has 0 aromatic heterocycles. The summed E-state index contributed by atoms with van der Waals surface area (Å²) in [6, 6.07) is 20.0. The smallest absolute Gasteiger partial charge is 0.246 e. The van der Waals surface area contributed by atoms with Gasteiger partial charge in [0.25, 0.3) is 0 Å². The van der Waals surface area contributed by atoms with Crippen LogP contribution in [0, 0.1) is 6.92 Å². The molecule has 11 heteroatoms. The van der Waals surface area contributed by atoms with E-state index in [1.807, 2.05) is 37.3 Å². The molecule has 0 bridgehead atoms. The molecular weight excluding hydrogens is 630 g/mol. The topological polar surface area (TPSA) is 119 Å². The van der Waals surface area contributed by atoms with Crippen molar-refractivity contribution in [3.8, 4) is 0 Å². The van der Waals surface area contributed by atoms with Crippen LogP contribution in [-0.4, -0.2) is 88.9 Å². The highest BCUT2D eigenvalue weighted by Crippen LogP contribution is 2.25. The molecule has 2 heterocycles. The van der Waals surface area contributed by atoms with Gasteiger partial charge in [-0.15, -0.1) is 0 Å². The van der Waals surface area contributed by atoms with Crippen LogP contribution in [0.4, 0.5) is 5.69 Å². The molecule has 0 aliphatic carbocycles. The third-order valence-electron chi connectivity index (χ3n) is 9.14. The number of ketones is 1. The van der Waals surface area contributed by atoms with Gasteiger partial charge in [0, 0.05) is 81.7 Å². The van der Waals surface area contributed by atoms with Crippen molar-refractivity contribution in [2.24, 2.45) is 0 Å². The molecule has 2 N–H and O–H groups in total. The lowest BCUT2D eigenvalue weighted by Crippen LogP contribution is -2.56. The lowest BCUT2D eigenvalue weighted by Gasteiger charge is -2.37. The number of carbonyl (C=O) groups excluding carboxylic acids is 5. The van der Waals surface area contributed by atoms with E-state index < -0.39 is 18.0 Å². The molecule has 3 aromatic carbocycles. The standard InChI is InChI=1S/C37H42ClN5O5/c1-25-22-30(12-13-31(25)38)39-36(47)32(16-17-41-18-20-42(21-19-41)26(2)44)40-37(48)33-23-28-10-6-7-11-29(28)24-43(33)35(46)15-14-34(45)27-8-4-3-5-9-27/h3-13,22,32-33H,14-21,23-24H2,1-2H3,(H,39,47)(H,40,48). The number of aryl methyl sites for hydroxylation is 1. The van der Waals surface area contributed by atoms with E-state index in [1.54, 1.807) is 54.3 Å². The van der Waals surface area contributed by atoms with E-state index in [1.165, 1.54) is 4.90 Å². The van der Waals surface area contributed by atoms with Gasteiger partial charge in [-0.05, 0) is 48.2 Å². The van der Waals surface area contributed by atoms with E-state index in [-0.39, 0.29) is 49.3 Å². The summed E-state index contributed by atoms with van der Waals surface area (Å²) >= 11 is 6.20. The van der Waals surface area contributed by atoms with Crippen molar-refractivity contribution < 1.29 is 24.0 Å². The summed E-state index contributed by atoms with van der Waals surface area (Å²) in [5.41, 5.74) is 3.81. The summed E-state index contributed by atoms with van der Waals surface area (Å²) < 4.78 is 0. The summed E-state index contributed by atoms with van der Waals surface area (Å²) in [5.74, 6) is -1.21. The van der Waals surface area contributed by atoms with Crippen molar-refractivity contribution >= 4 is 46.7 Å². The maximum Gasteiger partial charge on any atom is 0.246 e. The van der Waals surface area contributed by atoms with Crippen LogP contribution in [0.25, 0.3) is 0 Å². The van der Waals surface area contributed by atoms with E-state index in [9.17, 15) is 24.0 Å². The van der Waals surface area contributed by atoms with Crippen molar-refractivity contribution in [3.63, 3.8) is 0 Å². The number of fused-ring (bicyclic) bond motifs is 1. The van der Waals surface area contributed by atoms with Crippen LogP contribution in [0.5, 0.6) is 0 Å². The molecule has 0 saturated carbocycles. The fourth-order valence-corrected chi connectivity index (χ4v) is 6.36. The van der Waals surface area contributed by atoms with E-state index in [4.69, 9.17) is 11.6 Å². The average molecular weight is 672 g/mol. The second kappa shape index (κ2) is 16.0. The van der Waals surface area contributed by atoms with Gasteiger partial charge in [0.2, 0.25) is 23.6 Å². The fraction of sp³-hybridized carbons (Fsp3) is 0.378. The van der Waals surface area contributed by atoms with Gasteiger partial charge < -0.3 is 20.4 Å². The first-order valence-corrected chi connectivity index (χ1v) is 16.8. The number of piperazine rings is 1. The Bertz CT molecular complexity index is 1660. The number of amides is 4. The zero-order valence-electron chi connectivity index (χ0n) is 27.4. The third kappa shape index (κ3) is 8.87. The van der Waals surface area contributed by atoms with Gasteiger partial charge in [0.15, 0.2) is 5.78 Å². The van der Waals surface area contributed by atoms with E-state index in [2.05, 4.69) is 15.5 Å². The molecule has 0 spiro atoms. The highest BCUT2D eigenvalue weighted by atomic mass is 35.5. The Morgan fingerprint density at radius 2 is 1.56 bits per heavy atom. The first-order chi connectivity index (χ1) is 23.1. The van der Waals surface area contributed by atoms with Gasteiger partial charge >= 0.3 is 0 Å². The number of rotatable bonds is 11. The number of hydrogen-bond acceptors (Lipinski definition) is 6. The molecule has 3 aromatic rings. The molecule has 0 radical (unpaired) electrons. The van der Waals surface area contributed by atoms with Gasteiger partial charge in [0.05, 0.1) is 0 Å². The summed E-state index contributed by atoms with van der Waals surface area (Å²) in [4.78, 5) is 71.6. The summed E-state index contributed by atoms with van der Waals surface area (Å²) in [5, 5.41) is 6.48. The lowest BCUT2D eigenvalue weighted by atomic mass is 9.92. The predicted octanol–water partition coefficient (Wildman–Crippen LogP) is 4.24. The molecular formula is C37H42ClN5O5. The number of halogens is 1. The summed E-state index contributed by atoms with van der Waals surface area (Å²) in [6.45, 7) is 6.71. The Hall–Kier alpha value is -4.54. The Morgan fingerprint density at radius 1 is 0.875 bits per heavy atom. The molecule has 2 atom stereocenters. The molecule has 48 heavy (non-hydrogen) atoms. The van der Waals surface area contributed by atoms with E-state index in [0.717, 1.165) is 16.7 Å². The van der Waals surface area contributed by atoms with Gasteiger partial charge in [-0.25, -0.2) is 0 Å². The molecule has 4 amide bonds. The first-order valence-electron chi connectivity index (χ1n) is 16.4. The largest absolute Gasteiger partial charge is 0.342 e. The summed E-state index contributed by atoms with van der Waals surface area (Å²) in [6.07, 6.45) is 0.606. The minimum absolute atomic E-state index is 0.0256. The quantitative estimate of drug-likeness (QED) is 0.295. The number of nitrogens with one attached hydrogen (secondary N) is 2. The van der Waals surface area contributed by atoms with Crippen LogP contribution in [0.15, 0.2) is 72.8 Å². The fourth-order valence-electron chi connectivity index (χ4n) is 6.24. The van der Waals surface area contributed by atoms with Crippen molar-refractivity contribution in [1.29, 1.82) is 0 Å². The second-order valence-corrected chi connectivity index (χ2v) is 12.9. The number of benzene rings is 3. The van der Waals surface area contributed by atoms with E-state index in [0.29, 0.717) is 55.4 Å². The monoisotopic (exact) mass is 671 g/mol. The van der Waals surface area contributed by atoms with Crippen molar-refractivity contribution in [3.05, 3.63) is 100 Å². The SMILES string of the molecule is CC(=O)N1CCN(CCC(NC(=O)C2Cc3ccccc3CN2C(=O)CCC(=O)c2ccccc2)C(=O)Nc2ccc(Cl)c(C)c2)CC1. The highest BCUT2D eigenvalue weighted by Gasteiger charge is 2.36. The van der Waals surface area contributed by atoms with Crippen molar-refractivity contribution in [1.82, 2.24) is 20.0 Å². The van der Waals surface area contributed by atoms with Gasteiger partial charge in [-0.1, -0.05) is 66.2 Å². The number of Topliss-reactive ketones (excluding diaryl/α,β-unsaturated/α-hetero) is 1. The van der Waals surface area contributed by atoms with Gasteiger partial charge in [-0.3, -0.25) is 28.9 Å². The molecule has 1 fully saturated rings. The second-order valence-electron chi connectivity index (χ2n) is 12.5. The normalized spacial score (nSPS) is 16.9. The molecule has 10 nitrogen and oxygen atoms in total. The first kappa shape index (κ1) is 34.8. The van der Waals surface area contributed by atoms with Crippen molar-refractivity contribution in [2.75, 3.05) is 38.0 Å². The number of hydrogen-bond donors (Lipinski definition) is 2. The predicted molar refractivity (Wildman–Crippen MR) is 185 cm³/mol. The lowest BCUT2D eigenvalue weighted by molar-refractivity contribution is -0.142. The molecule has 1 saturated heterocycles. The van der Waals surface area contributed by atoms with E-state index >= 15 is 0 Å². The maximum absolute atomic E-state index is 14.1. The zero-order chi connectivity index (χ0) is 34.2. The van der Waals surface area contributed by atoms with Gasteiger partial charge in [-0.2, -0.15) is 0 Å². The van der Waals surface area contributed by atoms with Crippen LogP contribution in [-0.2, 0) is 32.1 Å². The number of nitrogens with zero attached hydrogens (tertiary/aromatic N) is 3. The van der Waals surface area contributed by atoms with Crippen LogP contribution >= 0.6 is 11.6 Å². The third-order valence-corrected chi connectivity index (χ3v) is 9.57. The maximum atomic E-state index is 14.1.